The van der Waals surface area contributed by atoms with Crippen LogP contribution in [0.1, 0.15) is 41.0 Å². The average molecular weight is 579 g/mol. The third-order valence-electron chi connectivity index (χ3n) is 5.87. The maximum Gasteiger partial charge on any atom is 0.304 e. The van der Waals surface area contributed by atoms with Crippen molar-refractivity contribution >= 4 is 51.5 Å². The molecule has 11 heteroatoms. The molecule has 0 spiro atoms. The van der Waals surface area contributed by atoms with Crippen LogP contribution in [0.4, 0.5) is 0 Å². The van der Waals surface area contributed by atoms with E-state index in [9.17, 15) is 18.0 Å². The Labute approximate surface area is 232 Å². The largest absolute Gasteiger partial charge is 0.497 e. The fraction of sp³-hybridized carbons (Fsp3) is 0.259. The molecule has 0 radical (unpaired) electrons. The molecule has 0 saturated heterocycles. The minimum atomic E-state index is -3.92. The van der Waals surface area contributed by atoms with E-state index >= 15 is 0 Å². The van der Waals surface area contributed by atoms with Crippen LogP contribution in [0, 0.1) is 0 Å². The van der Waals surface area contributed by atoms with Crippen LogP contribution in [-0.2, 0) is 23.2 Å². The number of aryl methyl sites for hydroxylation is 1. The fourth-order valence-electron chi connectivity index (χ4n) is 3.79. The van der Waals surface area contributed by atoms with Crippen LogP contribution in [0.15, 0.2) is 59.4 Å². The average Bonchev–Trinajstić information content (AvgIpc) is 2.90. The lowest BCUT2D eigenvalue weighted by molar-refractivity contribution is 0.0979. The molecule has 8 nitrogen and oxygen atoms in total. The fourth-order valence-corrected chi connectivity index (χ4v) is 5.50. The standard InChI is InChI=1S/C27H29Cl2N3O5S/c1-4-31(5-2)38(35,36)30-26(33)21-12-9-19(10-13-21)15-16-32-25(23(28)18-24(29)27(32)34)14-11-20-7-6-8-22(17-20)37-3/h6-14,17-18H,4-5,15-16H2,1-3H3,(H,30,33)/b14-11+. The molecule has 1 aromatic heterocycles. The molecule has 0 atom stereocenters. The number of pyridine rings is 1. The molecule has 202 valence electrons. The van der Waals surface area contributed by atoms with Gasteiger partial charge in [-0.25, -0.2) is 4.72 Å². The Morgan fingerprint density at radius 1 is 1.03 bits per heavy atom. The molecule has 1 heterocycles. The van der Waals surface area contributed by atoms with E-state index in [-0.39, 0.29) is 35.8 Å². The highest BCUT2D eigenvalue weighted by atomic mass is 35.5. The zero-order valence-electron chi connectivity index (χ0n) is 21.3. The van der Waals surface area contributed by atoms with Crippen molar-refractivity contribution in [3.8, 4) is 5.75 Å². The van der Waals surface area contributed by atoms with E-state index < -0.39 is 16.1 Å². The second kappa shape index (κ2) is 13.1. The number of nitrogens with zero attached hydrogens (tertiary/aromatic N) is 2. The summed E-state index contributed by atoms with van der Waals surface area (Å²) < 4.78 is 34.6. The summed E-state index contributed by atoms with van der Waals surface area (Å²) in [4.78, 5) is 25.3. The lowest BCUT2D eigenvalue weighted by Crippen LogP contribution is -2.43. The second-order valence-corrected chi connectivity index (χ2v) is 10.7. The molecule has 38 heavy (non-hydrogen) atoms. The molecular weight excluding hydrogens is 549 g/mol. The van der Waals surface area contributed by atoms with Crippen molar-refractivity contribution in [3.63, 3.8) is 0 Å². The number of benzene rings is 2. The van der Waals surface area contributed by atoms with Crippen LogP contribution in [0.3, 0.4) is 0 Å². The molecule has 0 bridgehead atoms. The van der Waals surface area contributed by atoms with Crippen molar-refractivity contribution < 1.29 is 17.9 Å². The van der Waals surface area contributed by atoms with Gasteiger partial charge in [0.15, 0.2) is 0 Å². The lowest BCUT2D eigenvalue weighted by Gasteiger charge is -2.18. The van der Waals surface area contributed by atoms with E-state index in [0.717, 1.165) is 15.4 Å². The van der Waals surface area contributed by atoms with Gasteiger partial charge < -0.3 is 9.30 Å². The number of hydrogen-bond donors (Lipinski definition) is 1. The molecule has 2 aromatic carbocycles. The van der Waals surface area contributed by atoms with Gasteiger partial charge in [0.25, 0.3) is 11.5 Å². The smallest absolute Gasteiger partial charge is 0.304 e. The normalized spacial score (nSPS) is 11.7. The molecule has 0 aliphatic rings. The predicted molar refractivity (Wildman–Crippen MR) is 152 cm³/mol. The summed E-state index contributed by atoms with van der Waals surface area (Å²) in [6, 6.07) is 15.4. The van der Waals surface area contributed by atoms with Crippen molar-refractivity contribution in [1.82, 2.24) is 13.6 Å². The Morgan fingerprint density at radius 3 is 2.34 bits per heavy atom. The number of aromatic nitrogens is 1. The maximum atomic E-state index is 12.9. The Morgan fingerprint density at radius 2 is 1.71 bits per heavy atom. The maximum absolute atomic E-state index is 12.9. The number of hydrogen-bond acceptors (Lipinski definition) is 5. The summed E-state index contributed by atoms with van der Waals surface area (Å²) in [7, 11) is -2.33. The first kappa shape index (κ1) is 29.4. The Hall–Kier alpha value is -3.11. The Balaban J connectivity index is 1.78. The van der Waals surface area contributed by atoms with Crippen LogP contribution in [0.2, 0.25) is 10.0 Å². The minimum absolute atomic E-state index is 0.00922. The van der Waals surface area contributed by atoms with Crippen molar-refractivity contribution in [2.75, 3.05) is 20.2 Å². The van der Waals surface area contributed by atoms with Gasteiger partial charge in [-0.3, -0.25) is 9.59 Å². The van der Waals surface area contributed by atoms with Crippen LogP contribution in [0.25, 0.3) is 12.2 Å². The lowest BCUT2D eigenvalue weighted by atomic mass is 10.1. The number of methoxy groups -OCH3 is 1. The van der Waals surface area contributed by atoms with Gasteiger partial charge in [-0.05, 0) is 54.0 Å². The number of ether oxygens (including phenoxy) is 1. The van der Waals surface area contributed by atoms with E-state index in [1.54, 1.807) is 51.3 Å². The third-order valence-corrected chi connectivity index (χ3v) is 8.09. The monoisotopic (exact) mass is 577 g/mol. The minimum Gasteiger partial charge on any atom is -0.497 e. The number of carbonyl (C=O) groups excluding carboxylic acids is 1. The van der Waals surface area contributed by atoms with E-state index in [0.29, 0.717) is 22.9 Å². The molecule has 3 aromatic rings. The van der Waals surface area contributed by atoms with Gasteiger partial charge in [0.05, 0.1) is 17.8 Å². The molecule has 1 N–H and O–H groups in total. The summed E-state index contributed by atoms with van der Waals surface area (Å²) in [6.45, 7) is 4.17. The van der Waals surface area contributed by atoms with Gasteiger partial charge in [0.2, 0.25) is 0 Å². The third kappa shape index (κ3) is 7.26. The molecule has 0 saturated carbocycles. The highest BCUT2D eigenvalue weighted by molar-refractivity contribution is 7.87. The molecule has 0 fully saturated rings. The van der Waals surface area contributed by atoms with Crippen LogP contribution in [0.5, 0.6) is 5.75 Å². The molecule has 3 rings (SSSR count). The molecule has 0 aliphatic carbocycles. The van der Waals surface area contributed by atoms with Crippen molar-refractivity contribution in [2.45, 2.75) is 26.8 Å². The predicted octanol–water partition coefficient (Wildman–Crippen LogP) is 4.89. The van der Waals surface area contributed by atoms with E-state index in [4.69, 9.17) is 27.9 Å². The van der Waals surface area contributed by atoms with Crippen molar-refractivity contribution in [2.24, 2.45) is 0 Å². The quantitative estimate of drug-likeness (QED) is 0.350. The SMILES string of the molecule is CCN(CC)S(=O)(=O)NC(=O)c1ccc(CCn2c(/C=C/c3cccc(OC)c3)c(Cl)cc(Cl)c2=O)cc1. The molecular formula is C27H29Cl2N3O5S. The van der Waals surface area contributed by atoms with Crippen LogP contribution < -0.4 is 15.0 Å². The number of nitrogens with one attached hydrogen (secondary N) is 1. The number of rotatable bonds is 11. The van der Waals surface area contributed by atoms with E-state index in [1.807, 2.05) is 30.3 Å². The zero-order valence-corrected chi connectivity index (χ0v) is 23.6. The van der Waals surface area contributed by atoms with Gasteiger partial charge in [-0.2, -0.15) is 12.7 Å². The van der Waals surface area contributed by atoms with Crippen LogP contribution in [-0.4, -0.2) is 43.4 Å². The van der Waals surface area contributed by atoms with Gasteiger partial charge in [0, 0.05) is 25.2 Å². The summed E-state index contributed by atoms with van der Waals surface area (Å²) in [6.07, 6.45) is 4.02. The number of carbonyl (C=O) groups is 1. The first-order chi connectivity index (χ1) is 18.1. The number of halogens is 2. The first-order valence-electron chi connectivity index (χ1n) is 11.9. The highest BCUT2D eigenvalue weighted by Gasteiger charge is 2.22. The second-order valence-electron chi connectivity index (χ2n) is 8.26. The summed E-state index contributed by atoms with van der Waals surface area (Å²) in [5.41, 5.74) is 2.03. The van der Waals surface area contributed by atoms with Gasteiger partial charge in [-0.1, -0.05) is 67.4 Å². The molecule has 1 amide bonds. The topological polar surface area (TPSA) is 97.7 Å². The number of amides is 1. The molecule has 0 unspecified atom stereocenters. The van der Waals surface area contributed by atoms with Gasteiger partial charge in [0.1, 0.15) is 10.8 Å². The summed E-state index contributed by atoms with van der Waals surface area (Å²) in [5.74, 6) is -0.0132. The van der Waals surface area contributed by atoms with Gasteiger partial charge in [-0.15, -0.1) is 0 Å². The Bertz CT molecular complexity index is 1480. The molecule has 0 aliphatic heterocycles. The highest BCUT2D eigenvalue weighted by Crippen LogP contribution is 2.22. The van der Waals surface area contributed by atoms with E-state index in [1.165, 1.54) is 10.6 Å². The summed E-state index contributed by atoms with van der Waals surface area (Å²) in [5, 5.41) is 0.338. The first-order valence-corrected chi connectivity index (χ1v) is 14.1. The zero-order chi connectivity index (χ0) is 27.9. The van der Waals surface area contributed by atoms with Gasteiger partial charge >= 0.3 is 10.2 Å². The van der Waals surface area contributed by atoms with Crippen molar-refractivity contribution in [3.05, 3.63) is 97.4 Å². The van der Waals surface area contributed by atoms with Crippen molar-refractivity contribution in [1.29, 1.82) is 0 Å². The van der Waals surface area contributed by atoms with E-state index in [2.05, 4.69) is 4.72 Å². The summed E-state index contributed by atoms with van der Waals surface area (Å²) >= 11 is 12.6. The van der Waals surface area contributed by atoms with Crippen LogP contribution >= 0.6 is 23.2 Å². The Kier molecular flexibility index (Phi) is 10.2.